The summed E-state index contributed by atoms with van der Waals surface area (Å²) in [5, 5.41) is 6.64. The third-order valence-electron chi connectivity index (χ3n) is 2.70. The van der Waals surface area contributed by atoms with Gasteiger partial charge in [0.2, 0.25) is 5.58 Å². The lowest BCUT2D eigenvalue weighted by molar-refractivity contribution is 0.257. The van der Waals surface area contributed by atoms with Crippen LogP contribution in [0.3, 0.4) is 0 Å². The maximum atomic E-state index is 13.4. The first-order chi connectivity index (χ1) is 9.72. The van der Waals surface area contributed by atoms with Gasteiger partial charge in [0, 0.05) is 5.75 Å². The molecule has 0 bridgehead atoms. The fourth-order valence-electron chi connectivity index (χ4n) is 1.69. The molecule has 0 aliphatic heterocycles. The van der Waals surface area contributed by atoms with Crippen molar-refractivity contribution in [1.29, 1.82) is 0 Å². The molecule has 1 aromatic carbocycles. The van der Waals surface area contributed by atoms with Gasteiger partial charge in [-0.1, -0.05) is 31.0 Å². The average Bonchev–Trinajstić information content (AvgIpc) is 2.83. The van der Waals surface area contributed by atoms with Gasteiger partial charge in [0.1, 0.15) is 0 Å². The molecule has 0 saturated carbocycles. The average molecular weight is 297 g/mol. The molecule has 2 N–H and O–H groups in total. The maximum absolute atomic E-state index is 13.4. The van der Waals surface area contributed by atoms with E-state index in [4.69, 9.17) is 4.52 Å². The van der Waals surface area contributed by atoms with Gasteiger partial charge in [0.15, 0.2) is 11.6 Å². The van der Waals surface area contributed by atoms with Crippen LogP contribution in [0.2, 0.25) is 0 Å². The highest BCUT2D eigenvalue weighted by Gasteiger charge is 2.13. The number of urea groups is 1. The summed E-state index contributed by atoms with van der Waals surface area (Å²) < 4.78 is 20.9. The Hall–Kier alpha value is -1.76. The molecule has 0 atom stereocenters. The highest BCUT2D eigenvalue weighted by atomic mass is 32.2. The number of para-hydroxylation sites is 1. The van der Waals surface area contributed by atoms with Gasteiger partial charge in [0.05, 0.1) is 5.39 Å². The third-order valence-corrected chi connectivity index (χ3v) is 3.52. The van der Waals surface area contributed by atoms with E-state index in [2.05, 4.69) is 22.1 Å². The first kappa shape index (κ1) is 14.6. The predicted octanol–water partition coefficient (Wildman–Crippen LogP) is 3.93. The number of amides is 2. The molecule has 2 aromatic rings. The summed E-state index contributed by atoms with van der Waals surface area (Å²) in [4.78, 5) is 11.7. The first-order valence-corrected chi connectivity index (χ1v) is 7.43. The first-order valence-electron chi connectivity index (χ1n) is 6.45. The van der Waals surface area contributed by atoms with Crippen LogP contribution in [0, 0.1) is 5.82 Å². The Bertz CT molecular complexity index is 588. The molecule has 108 valence electrons. The van der Waals surface area contributed by atoms with Crippen molar-refractivity contribution in [1.82, 2.24) is 9.88 Å². The standard InChI is InChI=1S/C13H16FN3O2S/c1-2-3-4-8-20-17-13(18)15-12-9-6-5-7-10(14)11(9)19-16-12/h5-7H,2-4,8H2,1H3,(H2,15,16,17,18). The monoisotopic (exact) mass is 297 g/mol. The van der Waals surface area contributed by atoms with E-state index in [1.807, 2.05) is 0 Å². The molecule has 0 radical (unpaired) electrons. The van der Waals surface area contributed by atoms with E-state index >= 15 is 0 Å². The molecule has 0 saturated heterocycles. The van der Waals surface area contributed by atoms with Crippen molar-refractivity contribution >= 4 is 34.8 Å². The summed E-state index contributed by atoms with van der Waals surface area (Å²) in [5.74, 6) is 0.568. The van der Waals surface area contributed by atoms with Crippen molar-refractivity contribution < 1.29 is 13.7 Å². The number of hydrogen-bond donors (Lipinski definition) is 2. The molecule has 2 amide bonds. The number of halogens is 1. The number of benzene rings is 1. The van der Waals surface area contributed by atoms with Crippen molar-refractivity contribution in [3.63, 3.8) is 0 Å². The summed E-state index contributed by atoms with van der Waals surface area (Å²) in [6.45, 7) is 2.12. The Balaban J connectivity index is 1.88. The number of carbonyl (C=O) groups is 1. The molecule has 20 heavy (non-hydrogen) atoms. The van der Waals surface area contributed by atoms with E-state index in [0.717, 1.165) is 25.0 Å². The Morgan fingerprint density at radius 1 is 1.45 bits per heavy atom. The number of unbranched alkanes of at least 4 members (excludes halogenated alkanes) is 2. The van der Waals surface area contributed by atoms with Gasteiger partial charge in [0.25, 0.3) is 0 Å². The maximum Gasteiger partial charge on any atom is 0.330 e. The van der Waals surface area contributed by atoms with E-state index in [9.17, 15) is 9.18 Å². The molecule has 0 unspecified atom stereocenters. The van der Waals surface area contributed by atoms with Crippen LogP contribution in [0.1, 0.15) is 26.2 Å². The number of rotatable bonds is 6. The molecule has 0 fully saturated rings. The summed E-state index contributed by atoms with van der Waals surface area (Å²) >= 11 is 1.34. The van der Waals surface area contributed by atoms with Crippen LogP contribution in [0.25, 0.3) is 11.0 Å². The number of fused-ring (bicyclic) bond motifs is 1. The van der Waals surface area contributed by atoms with Gasteiger partial charge in [-0.25, -0.2) is 9.18 Å². The SMILES string of the molecule is CCCCCSNC(=O)Nc1noc2c(F)cccc12. The van der Waals surface area contributed by atoms with Crippen molar-refractivity contribution in [2.45, 2.75) is 26.2 Å². The molecule has 0 spiro atoms. The van der Waals surface area contributed by atoms with E-state index < -0.39 is 11.8 Å². The molecule has 1 aromatic heterocycles. The van der Waals surface area contributed by atoms with Gasteiger partial charge in [-0.2, -0.15) is 0 Å². The Morgan fingerprint density at radius 3 is 3.10 bits per heavy atom. The number of hydrogen-bond acceptors (Lipinski definition) is 4. The van der Waals surface area contributed by atoms with Gasteiger partial charge in [-0.15, -0.1) is 0 Å². The lowest BCUT2D eigenvalue weighted by Crippen LogP contribution is -2.23. The second-order valence-electron chi connectivity index (χ2n) is 4.26. The third kappa shape index (κ3) is 3.63. The Morgan fingerprint density at radius 2 is 2.30 bits per heavy atom. The van der Waals surface area contributed by atoms with Crippen LogP contribution in [-0.2, 0) is 0 Å². The highest BCUT2D eigenvalue weighted by molar-refractivity contribution is 7.97. The summed E-state index contributed by atoms with van der Waals surface area (Å²) in [6, 6.07) is 4.06. The normalized spacial score (nSPS) is 10.7. The highest BCUT2D eigenvalue weighted by Crippen LogP contribution is 2.24. The quantitative estimate of drug-likeness (QED) is 0.626. The van der Waals surface area contributed by atoms with Gasteiger partial charge >= 0.3 is 6.03 Å². The lowest BCUT2D eigenvalue weighted by atomic mass is 10.2. The zero-order valence-electron chi connectivity index (χ0n) is 11.1. The van der Waals surface area contributed by atoms with E-state index in [-0.39, 0.29) is 11.4 Å². The largest absolute Gasteiger partial charge is 0.351 e. The van der Waals surface area contributed by atoms with Gasteiger partial charge < -0.3 is 4.52 Å². The minimum absolute atomic E-state index is 0.0402. The van der Waals surface area contributed by atoms with Crippen molar-refractivity contribution in [2.75, 3.05) is 11.1 Å². The minimum Gasteiger partial charge on any atom is -0.351 e. The number of aromatic nitrogens is 1. The van der Waals surface area contributed by atoms with Crippen LogP contribution >= 0.6 is 11.9 Å². The van der Waals surface area contributed by atoms with Crippen molar-refractivity contribution in [2.24, 2.45) is 0 Å². The van der Waals surface area contributed by atoms with Crippen molar-refractivity contribution in [3.8, 4) is 0 Å². The molecular weight excluding hydrogens is 281 g/mol. The number of carbonyl (C=O) groups excluding carboxylic acids is 1. The van der Waals surface area contributed by atoms with E-state index in [1.165, 1.54) is 24.1 Å². The molecule has 5 nitrogen and oxygen atoms in total. The molecule has 0 aliphatic carbocycles. The number of anilines is 1. The van der Waals surface area contributed by atoms with Crippen molar-refractivity contribution in [3.05, 3.63) is 24.0 Å². The topological polar surface area (TPSA) is 67.2 Å². The zero-order valence-corrected chi connectivity index (χ0v) is 11.9. The van der Waals surface area contributed by atoms with Crippen LogP contribution < -0.4 is 10.0 Å². The molecular formula is C13H16FN3O2S. The molecule has 2 rings (SSSR count). The number of nitrogens with zero attached hydrogens (tertiary/aromatic N) is 1. The van der Waals surface area contributed by atoms with E-state index in [1.54, 1.807) is 6.07 Å². The van der Waals surface area contributed by atoms with Gasteiger partial charge in [-0.3, -0.25) is 10.0 Å². The summed E-state index contributed by atoms with van der Waals surface area (Å²) in [6.07, 6.45) is 3.34. The number of nitrogens with one attached hydrogen (secondary N) is 2. The second-order valence-corrected chi connectivity index (χ2v) is 5.16. The summed E-state index contributed by atoms with van der Waals surface area (Å²) in [5.41, 5.74) is 0.0402. The predicted molar refractivity (Wildman–Crippen MR) is 78.1 cm³/mol. The minimum atomic E-state index is -0.502. The van der Waals surface area contributed by atoms with Crippen LogP contribution in [0.5, 0.6) is 0 Å². The lowest BCUT2D eigenvalue weighted by Gasteiger charge is -2.04. The molecule has 0 aliphatic rings. The Kier molecular flexibility index (Phi) is 5.23. The summed E-state index contributed by atoms with van der Waals surface area (Å²) in [7, 11) is 0. The van der Waals surface area contributed by atoms with Crippen LogP contribution in [0.4, 0.5) is 15.0 Å². The molecule has 7 heteroatoms. The molecule has 1 heterocycles. The fraction of sp³-hybridized carbons (Fsp3) is 0.385. The van der Waals surface area contributed by atoms with Gasteiger partial charge in [-0.05, 0) is 30.5 Å². The zero-order chi connectivity index (χ0) is 14.4. The van der Waals surface area contributed by atoms with E-state index in [0.29, 0.717) is 5.39 Å². The fourth-order valence-corrected chi connectivity index (χ4v) is 2.33. The smallest absolute Gasteiger partial charge is 0.330 e. The Labute approximate surface area is 120 Å². The second kappa shape index (κ2) is 7.14. The van der Waals surface area contributed by atoms with Crippen LogP contribution in [0.15, 0.2) is 22.7 Å². The van der Waals surface area contributed by atoms with Crippen LogP contribution in [-0.4, -0.2) is 16.9 Å².